The van der Waals surface area contributed by atoms with Crippen LogP contribution in [0.4, 0.5) is 0 Å². The molecule has 0 unspecified atom stereocenters. The molecule has 1 N–H and O–H groups in total. The van der Waals surface area contributed by atoms with Gasteiger partial charge in [-0.1, -0.05) is 44.1 Å². The molecule has 0 bridgehead atoms. The van der Waals surface area contributed by atoms with Crippen molar-refractivity contribution in [1.82, 2.24) is 20.0 Å². The zero-order valence-corrected chi connectivity index (χ0v) is 16.2. The molecule has 0 spiro atoms. The summed E-state index contributed by atoms with van der Waals surface area (Å²) in [6, 6.07) is 8.26. The molecule has 3 aromatic rings. The van der Waals surface area contributed by atoms with Crippen LogP contribution in [-0.4, -0.2) is 27.8 Å². The Balaban J connectivity index is 0.00000225. The van der Waals surface area contributed by atoms with Gasteiger partial charge in [0.25, 0.3) is 0 Å². The number of fused-ring (bicyclic) bond motifs is 1. The maximum absolute atomic E-state index is 5.41. The summed E-state index contributed by atoms with van der Waals surface area (Å²) in [6.07, 6.45) is 3.96. The lowest BCUT2D eigenvalue weighted by atomic mass is 9.92. The third-order valence-corrected chi connectivity index (χ3v) is 4.17. The van der Waals surface area contributed by atoms with Gasteiger partial charge in [0, 0.05) is 42.7 Å². The van der Waals surface area contributed by atoms with E-state index < -0.39 is 0 Å². The first-order valence-corrected chi connectivity index (χ1v) is 8.52. The highest BCUT2D eigenvalue weighted by atomic mass is 35.5. The molecule has 6 heteroatoms. The van der Waals surface area contributed by atoms with Gasteiger partial charge in [-0.15, -0.1) is 12.4 Å². The van der Waals surface area contributed by atoms with Gasteiger partial charge in [0.2, 0.25) is 11.7 Å². The quantitative estimate of drug-likeness (QED) is 0.667. The normalized spacial score (nSPS) is 11.7. The molecule has 1 aromatic carbocycles. The molecule has 0 atom stereocenters. The average molecular weight is 363 g/mol. The van der Waals surface area contributed by atoms with Crippen LogP contribution in [-0.2, 0) is 13.5 Å². The molecule has 2 aromatic heterocycles. The summed E-state index contributed by atoms with van der Waals surface area (Å²) in [7, 11) is 2.03. The Bertz CT molecular complexity index is 816. The van der Waals surface area contributed by atoms with Gasteiger partial charge < -0.3 is 14.4 Å². The molecule has 0 saturated carbocycles. The van der Waals surface area contributed by atoms with Crippen LogP contribution in [0.2, 0.25) is 0 Å². The predicted molar refractivity (Wildman–Crippen MR) is 104 cm³/mol. The van der Waals surface area contributed by atoms with Crippen LogP contribution in [0, 0.1) is 5.41 Å². The minimum atomic E-state index is 0. The molecular formula is C19H27ClN4O. The molecule has 0 amide bonds. The summed E-state index contributed by atoms with van der Waals surface area (Å²) >= 11 is 0. The number of benzene rings is 1. The van der Waals surface area contributed by atoms with Crippen molar-refractivity contribution in [3.63, 3.8) is 0 Å². The van der Waals surface area contributed by atoms with Crippen molar-refractivity contribution in [3.05, 3.63) is 36.4 Å². The third kappa shape index (κ3) is 4.83. The minimum absolute atomic E-state index is 0. The second kappa shape index (κ2) is 8.02. The number of aryl methyl sites for hydroxylation is 1. The molecule has 0 radical (unpaired) electrons. The lowest BCUT2D eigenvalue weighted by Crippen LogP contribution is -2.22. The summed E-state index contributed by atoms with van der Waals surface area (Å²) in [5.74, 6) is 1.35. The zero-order valence-electron chi connectivity index (χ0n) is 15.4. The maximum atomic E-state index is 5.41. The van der Waals surface area contributed by atoms with Crippen LogP contribution in [0.15, 0.2) is 35.0 Å². The van der Waals surface area contributed by atoms with Crippen LogP contribution in [0.1, 0.15) is 33.1 Å². The average Bonchev–Trinajstić information content (AvgIpc) is 3.11. The summed E-state index contributed by atoms with van der Waals surface area (Å²) in [4.78, 5) is 4.56. The van der Waals surface area contributed by atoms with E-state index >= 15 is 0 Å². The van der Waals surface area contributed by atoms with E-state index in [0.29, 0.717) is 17.1 Å². The molecular weight excluding hydrogens is 336 g/mol. The van der Waals surface area contributed by atoms with Gasteiger partial charge in [0.1, 0.15) is 0 Å². The molecule has 0 aliphatic heterocycles. The fourth-order valence-corrected chi connectivity index (χ4v) is 2.77. The van der Waals surface area contributed by atoms with E-state index in [9.17, 15) is 0 Å². The van der Waals surface area contributed by atoms with Gasteiger partial charge in [-0.25, -0.2) is 0 Å². The van der Waals surface area contributed by atoms with Gasteiger partial charge in [0.05, 0.1) is 0 Å². The van der Waals surface area contributed by atoms with Crippen LogP contribution in [0.25, 0.3) is 22.3 Å². The standard InChI is InChI=1S/C19H26N4O.ClH/c1-19(2,3)10-12-20-11-9-17-21-18(22-24-17)15-13-23(4)16-8-6-5-7-14(15)16;/h5-8,13,20H,9-12H2,1-4H3;1H. The fraction of sp³-hybridized carbons (Fsp3) is 0.474. The Morgan fingerprint density at radius 3 is 2.68 bits per heavy atom. The Labute approximate surface area is 155 Å². The Kier molecular flexibility index (Phi) is 6.25. The lowest BCUT2D eigenvalue weighted by molar-refractivity contribution is 0.357. The molecule has 5 nitrogen and oxygen atoms in total. The van der Waals surface area contributed by atoms with Crippen LogP contribution < -0.4 is 5.32 Å². The lowest BCUT2D eigenvalue weighted by Gasteiger charge is -2.17. The van der Waals surface area contributed by atoms with Crippen LogP contribution in [0.5, 0.6) is 0 Å². The molecule has 0 saturated heterocycles. The number of aromatic nitrogens is 3. The second-order valence-corrected chi connectivity index (χ2v) is 7.49. The van der Waals surface area contributed by atoms with Gasteiger partial charge in [-0.3, -0.25) is 0 Å². The van der Waals surface area contributed by atoms with E-state index in [-0.39, 0.29) is 12.4 Å². The highest BCUT2D eigenvalue weighted by Crippen LogP contribution is 2.28. The summed E-state index contributed by atoms with van der Waals surface area (Å²) < 4.78 is 7.51. The zero-order chi connectivity index (χ0) is 17.2. The number of para-hydroxylation sites is 1. The van der Waals surface area contributed by atoms with Gasteiger partial charge in [-0.05, 0) is 24.4 Å². The summed E-state index contributed by atoms with van der Waals surface area (Å²) in [5.41, 5.74) is 2.55. The summed E-state index contributed by atoms with van der Waals surface area (Å²) in [6.45, 7) is 8.62. The van der Waals surface area contributed by atoms with E-state index in [1.54, 1.807) is 0 Å². The Hall–Kier alpha value is -1.85. The monoisotopic (exact) mass is 362 g/mol. The second-order valence-electron chi connectivity index (χ2n) is 7.49. The van der Waals surface area contributed by atoms with Crippen LogP contribution in [0.3, 0.4) is 0 Å². The number of nitrogens with zero attached hydrogens (tertiary/aromatic N) is 3. The van der Waals surface area contributed by atoms with E-state index in [1.165, 1.54) is 5.52 Å². The van der Waals surface area contributed by atoms with Gasteiger partial charge >= 0.3 is 0 Å². The van der Waals surface area contributed by atoms with Gasteiger partial charge in [-0.2, -0.15) is 4.98 Å². The van der Waals surface area contributed by atoms with E-state index in [1.807, 2.05) is 19.2 Å². The SMILES string of the molecule is Cl.Cn1cc(-c2noc(CCNCCC(C)(C)C)n2)c2ccccc21. The van der Waals surface area contributed by atoms with Crippen molar-refractivity contribution in [2.45, 2.75) is 33.6 Å². The van der Waals surface area contributed by atoms with Crippen molar-refractivity contribution in [1.29, 1.82) is 0 Å². The van der Waals surface area contributed by atoms with Crippen molar-refractivity contribution in [3.8, 4) is 11.4 Å². The van der Waals surface area contributed by atoms with E-state index in [2.05, 4.69) is 59.1 Å². The van der Waals surface area contributed by atoms with E-state index in [0.717, 1.165) is 36.9 Å². The highest BCUT2D eigenvalue weighted by molar-refractivity contribution is 5.94. The molecule has 0 aliphatic carbocycles. The molecule has 0 aliphatic rings. The van der Waals surface area contributed by atoms with Crippen LogP contribution >= 0.6 is 12.4 Å². The molecule has 136 valence electrons. The number of hydrogen-bond acceptors (Lipinski definition) is 4. The number of rotatable bonds is 6. The molecule has 25 heavy (non-hydrogen) atoms. The predicted octanol–water partition coefficient (Wildman–Crippen LogP) is 4.22. The highest BCUT2D eigenvalue weighted by Gasteiger charge is 2.14. The topological polar surface area (TPSA) is 55.9 Å². The molecule has 2 heterocycles. The van der Waals surface area contributed by atoms with Crippen molar-refractivity contribution < 1.29 is 4.52 Å². The Morgan fingerprint density at radius 2 is 1.92 bits per heavy atom. The largest absolute Gasteiger partial charge is 0.350 e. The maximum Gasteiger partial charge on any atom is 0.228 e. The van der Waals surface area contributed by atoms with Crippen molar-refractivity contribution in [2.75, 3.05) is 13.1 Å². The van der Waals surface area contributed by atoms with Crippen molar-refractivity contribution >= 4 is 23.3 Å². The van der Waals surface area contributed by atoms with Crippen molar-refractivity contribution in [2.24, 2.45) is 12.5 Å². The molecule has 3 rings (SSSR count). The first-order chi connectivity index (χ1) is 11.4. The number of halogens is 1. The van der Waals surface area contributed by atoms with E-state index in [4.69, 9.17) is 4.52 Å². The Morgan fingerprint density at radius 1 is 1.16 bits per heavy atom. The first-order valence-electron chi connectivity index (χ1n) is 8.52. The number of hydrogen-bond donors (Lipinski definition) is 1. The first kappa shape index (κ1) is 19.5. The third-order valence-electron chi connectivity index (χ3n) is 4.17. The smallest absolute Gasteiger partial charge is 0.228 e. The van der Waals surface area contributed by atoms with Gasteiger partial charge in [0.15, 0.2) is 0 Å². The minimum Gasteiger partial charge on any atom is -0.350 e. The molecule has 0 fully saturated rings. The summed E-state index contributed by atoms with van der Waals surface area (Å²) in [5, 5.41) is 8.75. The fourth-order valence-electron chi connectivity index (χ4n) is 2.77. The number of nitrogens with one attached hydrogen (secondary N) is 1.